The van der Waals surface area contributed by atoms with Gasteiger partial charge in [0.25, 0.3) is 0 Å². The predicted molar refractivity (Wildman–Crippen MR) is 59.1 cm³/mol. The minimum absolute atomic E-state index is 0.501. The molecular formula is C10H10ClN3. The molecule has 0 spiro atoms. The molecule has 0 bridgehead atoms. The van der Waals surface area contributed by atoms with Crippen molar-refractivity contribution in [1.82, 2.24) is 0 Å². The highest BCUT2D eigenvalue weighted by Crippen LogP contribution is 2.10. The van der Waals surface area contributed by atoms with E-state index < -0.39 is 0 Å². The van der Waals surface area contributed by atoms with Crippen molar-refractivity contribution in [2.75, 3.05) is 6.54 Å². The molecule has 0 aromatic heterocycles. The van der Waals surface area contributed by atoms with Crippen molar-refractivity contribution in [1.29, 1.82) is 0 Å². The van der Waals surface area contributed by atoms with Crippen LogP contribution in [0.5, 0.6) is 0 Å². The smallest absolute Gasteiger partial charge is 0.0406 e. The van der Waals surface area contributed by atoms with E-state index in [9.17, 15) is 0 Å². The summed E-state index contributed by atoms with van der Waals surface area (Å²) in [6.07, 6.45) is 4.70. The van der Waals surface area contributed by atoms with Crippen LogP contribution in [0.25, 0.3) is 16.5 Å². The Kier molecular flexibility index (Phi) is 4.62. The molecule has 0 aliphatic rings. The molecule has 1 rings (SSSR count). The van der Waals surface area contributed by atoms with Gasteiger partial charge in [0, 0.05) is 16.5 Å². The molecule has 0 fully saturated rings. The minimum atomic E-state index is 0.501. The molecule has 0 saturated heterocycles. The van der Waals surface area contributed by atoms with Gasteiger partial charge in [0.1, 0.15) is 0 Å². The highest BCUT2D eigenvalue weighted by atomic mass is 35.5. The lowest BCUT2D eigenvalue weighted by Gasteiger charge is -1.92. The topological polar surface area (TPSA) is 48.8 Å². The van der Waals surface area contributed by atoms with Gasteiger partial charge in [0.2, 0.25) is 0 Å². The molecule has 0 aliphatic carbocycles. The van der Waals surface area contributed by atoms with Crippen molar-refractivity contribution in [2.24, 2.45) is 5.11 Å². The van der Waals surface area contributed by atoms with Crippen LogP contribution in [0, 0.1) is 0 Å². The molecule has 0 unspecified atom stereocenters. The third-order valence-corrected chi connectivity index (χ3v) is 1.89. The molecule has 0 heterocycles. The molecule has 0 saturated carbocycles. The fraction of sp³-hybridized carbons (Fsp3) is 0.200. The Morgan fingerprint density at radius 1 is 1.36 bits per heavy atom. The van der Waals surface area contributed by atoms with E-state index >= 15 is 0 Å². The second-order valence-electron chi connectivity index (χ2n) is 2.70. The second-order valence-corrected chi connectivity index (χ2v) is 3.13. The van der Waals surface area contributed by atoms with Crippen LogP contribution in [-0.4, -0.2) is 6.54 Å². The summed E-state index contributed by atoms with van der Waals surface area (Å²) in [6.45, 7) is 0.501. The maximum Gasteiger partial charge on any atom is 0.0406 e. The predicted octanol–water partition coefficient (Wildman–Crippen LogP) is 4.05. The zero-order valence-corrected chi connectivity index (χ0v) is 8.35. The minimum Gasteiger partial charge on any atom is -0.0937 e. The van der Waals surface area contributed by atoms with Crippen LogP contribution in [0.2, 0.25) is 5.02 Å². The molecule has 1 aromatic rings. The Labute approximate surface area is 87.6 Å². The van der Waals surface area contributed by atoms with Gasteiger partial charge in [-0.3, -0.25) is 0 Å². The fourth-order valence-corrected chi connectivity index (χ4v) is 1.10. The molecular weight excluding hydrogens is 198 g/mol. The summed E-state index contributed by atoms with van der Waals surface area (Å²) in [6, 6.07) is 7.56. The summed E-state index contributed by atoms with van der Waals surface area (Å²) < 4.78 is 0. The van der Waals surface area contributed by atoms with Crippen LogP contribution in [0.15, 0.2) is 35.5 Å². The lowest BCUT2D eigenvalue weighted by atomic mass is 10.2. The lowest BCUT2D eigenvalue weighted by molar-refractivity contribution is 0.996. The van der Waals surface area contributed by atoms with E-state index in [1.165, 1.54) is 0 Å². The number of benzene rings is 1. The van der Waals surface area contributed by atoms with Gasteiger partial charge in [-0.15, -0.1) is 0 Å². The van der Waals surface area contributed by atoms with Crippen molar-refractivity contribution in [2.45, 2.75) is 6.42 Å². The average molecular weight is 208 g/mol. The SMILES string of the molecule is [N-]=[N+]=NCC/C=C\c1ccc(Cl)cc1. The molecule has 0 amide bonds. The summed E-state index contributed by atoms with van der Waals surface area (Å²) in [5.41, 5.74) is 9.13. The molecule has 3 nitrogen and oxygen atoms in total. The summed E-state index contributed by atoms with van der Waals surface area (Å²) in [7, 11) is 0. The summed E-state index contributed by atoms with van der Waals surface area (Å²) >= 11 is 5.73. The van der Waals surface area contributed by atoms with Gasteiger partial charge in [-0.05, 0) is 29.6 Å². The van der Waals surface area contributed by atoms with E-state index in [1.807, 2.05) is 36.4 Å². The monoisotopic (exact) mass is 207 g/mol. The van der Waals surface area contributed by atoms with Crippen LogP contribution in [-0.2, 0) is 0 Å². The molecule has 14 heavy (non-hydrogen) atoms. The highest BCUT2D eigenvalue weighted by molar-refractivity contribution is 6.30. The second kappa shape index (κ2) is 6.08. The van der Waals surface area contributed by atoms with E-state index in [4.69, 9.17) is 17.1 Å². The lowest BCUT2D eigenvalue weighted by Crippen LogP contribution is -1.74. The first-order chi connectivity index (χ1) is 6.83. The van der Waals surface area contributed by atoms with Crippen molar-refractivity contribution in [3.8, 4) is 0 Å². The van der Waals surface area contributed by atoms with Crippen LogP contribution in [0.3, 0.4) is 0 Å². The van der Waals surface area contributed by atoms with Gasteiger partial charge in [-0.1, -0.05) is 41.0 Å². The first kappa shape index (κ1) is 10.6. The Balaban J connectivity index is 2.43. The summed E-state index contributed by atoms with van der Waals surface area (Å²) in [5.74, 6) is 0. The zero-order chi connectivity index (χ0) is 10.2. The maximum atomic E-state index is 8.03. The van der Waals surface area contributed by atoms with Gasteiger partial charge in [-0.25, -0.2) is 0 Å². The molecule has 4 heteroatoms. The van der Waals surface area contributed by atoms with Crippen molar-refractivity contribution in [3.05, 3.63) is 51.4 Å². The first-order valence-corrected chi connectivity index (χ1v) is 4.63. The van der Waals surface area contributed by atoms with Gasteiger partial charge >= 0.3 is 0 Å². The molecule has 0 N–H and O–H groups in total. The first-order valence-electron chi connectivity index (χ1n) is 4.26. The van der Waals surface area contributed by atoms with E-state index in [-0.39, 0.29) is 0 Å². The van der Waals surface area contributed by atoms with Crippen LogP contribution >= 0.6 is 11.6 Å². The van der Waals surface area contributed by atoms with Gasteiger partial charge in [0.15, 0.2) is 0 Å². The quantitative estimate of drug-likeness (QED) is 0.310. The van der Waals surface area contributed by atoms with E-state index in [1.54, 1.807) is 0 Å². The van der Waals surface area contributed by atoms with Crippen molar-refractivity contribution in [3.63, 3.8) is 0 Å². The maximum absolute atomic E-state index is 8.03. The third kappa shape index (κ3) is 3.99. The van der Waals surface area contributed by atoms with Crippen LogP contribution in [0.1, 0.15) is 12.0 Å². The van der Waals surface area contributed by atoms with E-state index in [2.05, 4.69) is 10.0 Å². The number of rotatable bonds is 4. The largest absolute Gasteiger partial charge is 0.0937 e. The molecule has 0 atom stereocenters. The average Bonchev–Trinajstić information content (AvgIpc) is 2.21. The Morgan fingerprint density at radius 3 is 2.71 bits per heavy atom. The Morgan fingerprint density at radius 2 is 2.07 bits per heavy atom. The van der Waals surface area contributed by atoms with E-state index in [0.29, 0.717) is 6.54 Å². The summed E-state index contributed by atoms with van der Waals surface area (Å²) in [4.78, 5) is 2.67. The Hall–Kier alpha value is -1.44. The van der Waals surface area contributed by atoms with Gasteiger partial charge in [-0.2, -0.15) is 0 Å². The molecule has 72 valence electrons. The molecule has 1 aromatic carbocycles. The zero-order valence-electron chi connectivity index (χ0n) is 7.60. The number of hydrogen-bond donors (Lipinski definition) is 0. The van der Waals surface area contributed by atoms with Crippen LogP contribution in [0.4, 0.5) is 0 Å². The van der Waals surface area contributed by atoms with Crippen molar-refractivity contribution >= 4 is 17.7 Å². The standard InChI is InChI=1S/C10H10ClN3/c11-10-6-4-9(5-7-10)3-1-2-8-13-14-12/h1,3-7H,2,8H2/b3-1-. The van der Waals surface area contributed by atoms with Crippen molar-refractivity contribution < 1.29 is 0 Å². The number of halogens is 1. The van der Waals surface area contributed by atoms with Gasteiger partial charge in [0.05, 0.1) is 0 Å². The van der Waals surface area contributed by atoms with Gasteiger partial charge < -0.3 is 0 Å². The number of azide groups is 1. The Bertz CT molecular complexity index is 350. The third-order valence-electron chi connectivity index (χ3n) is 1.64. The number of hydrogen-bond acceptors (Lipinski definition) is 1. The van der Waals surface area contributed by atoms with E-state index in [0.717, 1.165) is 17.0 Å². The molecule has 0 aliphatic heterocycles. The number of nitrogens with zero attached hydrogens (tertiary/aromatic N) is 3. The van der Waals surface area contributed by atoms with Crippen LogP contribution < -0.4 is 0 Å². The highest BCUT2D eigenvalue weighted by Gasteiger charge is 1.86. The normalized spacial score (nSPS) is 10.1. The molecule has 0 radical (unpaired) electrons. The summed E-state index contributed by atoms with van der Waals surface area (Å²) in [5, 5.41) is 4.16. The fourth-order valence-electron chi connectivity index (χ4n) is 0.970.